The van der Waals surface area contributed by atoms with Gasteiger partial charge in [-0.15, -0.1) is 0 Å². The van der Waals surface area contributed by atoms with Crippen LogP contribution in [0.3, 0.4) is 0 Å². The standard InChI is InChI=1S/C18H27NO/c1-14-5-4-6-18(12-14)20-8-7-19-13-17-10-15(2)9-16(3)11-17/h4-6,9,12,15,17,19H,7-8,10-11,13H2,1-3H3. The molecular formula is C18H27NO. The molecule has 20 heavy (non-hydrogen) atoms. The highest BCUT2D eigenvalue weighted by atomic mass is 16.5. The van der Waals surface area contributed by atoms with Crippen molar-refractivity contribution in [2.24, 2.45) is 11.8 Å². The predicted octanol–water partition coefficient (Wildman–Crippen LogP) is 3.96. The van der Waals surface area contributed by atoms with Gasteiger partial charge in [0.05, 0.1) is 0 Å². The molecule has 0 saturated carbocycles. The maximum absolute atomic E-state index is 5.74. The Morgan fingerprint density at radius 3 is 2.90 bits per heavy atom. The summed E-state index contributed by atoms with van der Waals surface area (Å²) in [7, 11) is 0. The summed E-state index contributed by atoms with van der Waals surface area (Å²) in [6.45, 7) is 9.42. The van der Waals surface area contributed by atoms with E-state index in [-0.39, 0.29) is 0 Å². The van der Waals surface area contributed by atoms with Gasteiger partial charge in [0.2, 0.25) is 0 Å². The molecule has 2 heteroatoms. The van der Waals surface area contributed by atoms with E-state index in [0.29, 0.717) is 0 Å². The topological polar surface area (TPSA) is 21.3 Å². The number of ether oxygens (including phenoxy) is 1. The monoisotopic (exact) mass is 273 g/mol. The summed E-state index contributed by atoms with van der Waals surface area (Å²) < 4.78 is 5.74. The van der Waals surface area contributed by atoms with E-state index in [1.54, 1.807) is 5.57 Å². The molecule has 0 heterocycles. The van der Waals surface area contributed by atoms with Crippen LogP contribution in [0.25, 0.3) is 0 Å². The van der Waals surface area contributed by atoms with E-state index in [1.165, 1.54) is 18.4 Å². The lowest BCUT2D eigenvalue weighted by Crippen LogP contribution is -2.29. The number of hydrogen-bond acceptors (Lipinski definition) is 2. The van der Waals surface area contributed by atoms with Crippen molar-refractivity contribution >= 4 is 0 Å². The zero-order valence-electron chi connectivity index (χ0n) is 13.0. The van der Waals surface area contributed by atoms with Crippen molar-refractivity contribution in [2.45, 2.75) is 33.6 Å². The lowest BCUT2D eigenvalue weighted by atomic mass is 9.84. The van der Waals surface area contributed by atoms with Gasteiger partial charge < -0.3 is 10.1 Å². The van der Waals surface area contributed by atoms with Crippen LogP contribution in [0.15, 0.2) is 35.9 Å². The summed E-state index contributed by atoms with van der Waals surface area (Å²) in [6.07, 6.45) is 4.97. The lowest BCUT2D eigenvalue weighted by molar-refractivity contribution is 0.302. The van der Waals surface area contributed by atoms with E-state index in [9.17, 15) is 0 Å². The maximum Gasteiger partial charge on any atom is 0.119 e. The van der Waals surface area contributed by atoms with E-state index in [4.69, 9.17) is 4.74 Å². The molecule has 0 radical (unpaired) electrons. The molecule has 110 valence electrons. The molecule has 2 rings (SSSR count). The van der Waals surface area contributed by atoms with Crippen molar-refractivity contribution in [1.82, 2.24) is 5.32 Å². The molecule has 0 bridgehead atoms. The lowest BCUT2D eigenvalue weighted by Gasteiger charge is -2.25. The molecule has 1 aliphatic carbocycles. The molecule has 0 saturated heterocycles. The molecular weight excluding hydrogens is 246 g/mol. The molecule has 2 unspecified atom stereocenters. The smallest absolute Gasteiger partial charge is 0.119 e. The first-order chi connectivity index (χ1) is 9.63. The number of hydrogen-bond donors (Lipinski definition) is 1. The van der Waals surface area contributed by atoms with Crippen LogP contribution in [0.1, 0.15) is 32.3 Å². The highest BCUT2D eigenvalue weighted by Crippen LogP contribution is 2.27. The molecule has 1 aliphatic rings. The molecule has 2 atom stereocenters. The summed E-state index contributed by atoms with van der Waals surface area (Å²) in [6, 6.07) is 8.22. The quantitative estimate of drug-likeness (QED) is 0.626. The summed E-state index contributed by atoms with van der Waals surface area (Å²) >= 11 is 0. The normalized spacial score (nSPS) is 22.4. The molecule has 1 N–H and O–H groups in total. The Balaban J connectivity index is 1.61. The Bertz CT molecular complexity index is 452. The Hall–Kier alpha value is -1.28. The summed E-state index contributed by atoms with van der Waals surface area (Å²) in [5.41, 5.74) is 2.79. The first kappa shape index (κ1) is 15.1. The largest absolute Gasteiger partial charge is 0.492 e. The van der Waals surface area contributed by atoms with E-state index in [2.05, 4.69) is 44.3 Å². The number of allylic oxidation sites excluding steroid dienone is 2. The Morgan fingerprint density at radius 1 is 1.30 bits per heavy atom. The van der Waals surface area contributed by atoms with Gasteiger partial charge in [-0.25, -0.2) is 0 Å². The molecule has 0 aromatic heterocycles. The van der Waals surface area contributed by atoms with Crippen molar-refractivity contribution < 1.29 is 4.74 Å². The fraction of sp³-hybridized carbons (Fsp3) is 0.556. The third kappa shape index (κ3) is 5.01. The molecule has 0 spiro atoms. The van der Waals surface area contributed by atoms with Crippen LogP contribution >= 0.6 is 0 Å². The summed E-state index contributed by atoms with van der Waals surface area (Å²) in [5, 5.41) is 3.53. The second-order valence-electron chi connectivity index (χ2n) is 6.17. The van der Waals surface area contributed by atoms with Crippen LogP contribution < -0.4 is 10.1 Å². The highest BCUT2D eigenvalue weighted by Gasteiger charge is 2.17. The molecule has 2 nitrogen and oxygen atoms in total. The maximum atomic E-state index is 5.74. The van der Waals surface area contributed by atoms with Gasteiger partial charge in [0.1, 0.15) is 12.4 Å². The second-order valence-corrected chi connectivity index (χ2v) is 6.17. The average Bonchev–Trinajstić information content (AvgIpc) is 2.37. The van der Waals surface area contributed by atoms with Crippen molar-refractivity contribution in [3.63, 3.8) is 0 Å². The van der Waals surface area contributed by atoms with E-state index in [0.717, 1.165) is 37.3 Å². The predicted molar refractivity (Wildman–Crippen MR) is 85.2 cm³/mol. The van der Waals surface area contributed by atoms with Crippen LogP contribution in [0.5, 0.6) is 5.75 Å². The molecule has 0 aliphatic heterocycles. The van der Waals surface area contributed by atoms with Gasteiger partial charge in [-0.05, 0) is 62.8 Å². The molecule has 0 fully saturated rings. The second kappa shape index (κ2) is 7.49. The number of nitrogens with one attached hydrogen (secondary N) is 1. The van der Waals surface area contributed by atoms with Gasteiger partial charge in [-0.3, -0.25) is 0 Å². The van der Waals surface area contributed by atoms with Crippen LogP contribution in [0, 0.1) is 18.8 Å². The van der Waals surface area contributed by atoms with E-state index < -0.39 is 0 Å². The zero-order chi connectivity index (χ0) is 14.4. The average molecular weight is 273 g/mol. The van der Waals surface area contributed by atoms with Crippen molar-refractivity contribution in [2.75, 3.05) is 19.7 Å². The minimum Gasteiger partial charge on any atom is -0.492 e. The molecule has 1 aromatic carbocycles. The Morgan fingerprint density at radius 2 is 2.15 bits per heavy atom. The first-order valence-electron chi connectivity index (χ1n) is 7.71. The minimum absolute atomic E-state index is 0.735. The number of benzene rings is 1. The van der Waals surface area contributed by atoms with Crippen molar-refractivity contribution in [1.29, 1.82) is 0 Å². The van der Waals surface area contributed by atoms with Gasteiger partial charge in [0.15, 0.2) is 0 Å². The first-order valence-corrected chi connectivity index (χ1v) is 7.71. The SMILES string of the molecule is CC1=CC(C)CC(CNCCOc2cccc(C)c2)C1. The van der Waals surface area contributed by atoms with Crippen LogP contribution in [0.2, 0.25) is 0 Å². The molecule has 0 amide bonds. The third-order valence-electron chi connectivity index (χ3n) is 3.85. The van der Waals surface area contributed by atoms with Crippen LogP contribution in [0.4, 0.5) is 0 Å². The summed E-state index contributed by atoms with van der Waals surface area (Å²) in [4.78, 5) is 0. The zero-order valence-corrected chi connectivity index (χ0v) is 13.0. The highest BCUT2D eigenvalue weighted by molar-refractivity contribution is 5.27. The molecule has 1 aromatic rings. The van der Waals surface area contributed by atoms with Gasteiger partial charge in [0, 0.05) is 6.54 Å². The Labute approximate surface area is 123 Å². The summed E-state index contributed by atoms with van der Waals surface area (Å²) in [5.74, 6) is 2.49. The van der Waals surface area contributed by atoms with E-state index in [1.807, 2.05) is 12.1 Å². The van der Waals surface area contributed by atoms with Crippen LogP contribution in [-0.4, -0.2) is 19.7 Å². The number of rotatable bonds is 6. The van der Waals surface area contributed by atoms with E-state index >= 15 is 0 Å². The fourth-order valence-corrected chi connectivity index (χ4v) is 3.09. The van der Waals surface area contributed by atoms with Gasteiger partial charge >= 0.3 is 0 Å². The van der Waals surface area contributed by atoms with Crippen LogP contribution in [-0.2, 0) is 0 Å². The van der Waals surface area contributed by atoms with Gasteiger partial charge in [-0.1, -0.05) is 30.7 Å². The van der Waals surface area contributed by atoms with Crippen molar-refractivity contribution in [3.8, 4) is 5.75 Å². The van der Waals surface area contributed by atoms with Gasteiger partial charge in [0.25, 0.3) is 0 Å². The van der Waals surface area contributed by atoms with Gasteiger partial charge in [-0.2, -0.15) is 0 Å². The minimum atomic E-state index is 0.735. The fourth-order valence-electron chi connectivity index (χ4n) is 3.09. The third-order valence-corrected chi connectivity index (χ3v) is 3.85. The van der Waals surface area contributed by atoms with Crippen molar-refractivity contribution in [3.05, 3.63) is 41.5 Å². The number of aryl methyl sites for hydroxylation is 1. The Kier molecular flexibility index (Phi) is 5.66.